The third-order valence-corrected chi connectivity index (χ3v) is 5.74. The maximum atomic E-state index is 11.8. The number of rotatable bonds is 6. The lowest BCUT2D eigenvalue weighted by Crippen LogP contribution is -2.38. The van der Waals surface area contributed by atoms with E-state index in [9.17, 15) is 14.4 Å². The van der Waals surface area contributed by atoms with Crippen molar-refractivity contribution in [3.63, 3.8) is 0 Å². The van der Waals surface area contributed by atoms with Crippen LogP contribution in [0.5, 0.6) is 6.01 Å². The Morgan fingerprint density at radius 1 is 1.00 bits per heavy atom. The van der Waals surface area contributed by atoms with E-state index in [2.05, 4.69) is 9.97 Å². The van der Waals surface area contributed by atoms with E-state index in [4.69, 9.17) is 9.84 Å². The Bertz CT molecular complexity index is 937. The van der Waals surface area contributed by atoms with Gasteiger partial charge in [-0.1, -0.05) is 24.3 Å². The van der Waals surface area contributed by atoms with Crippen LogP contribution in [-0.4, -0.2) is 62.5 Å². The smallest absolute Gasteiger partial charge is 0.407 e. The second-order valence-corrected chi connectivity index (χ2v) is 7.85. The normalized spacial score (nSPS) is 17.3. The summed E-state index contributed by atoms with van der Waals surface area (Å²) >= 11 is 0. The highest BCUT2D eigenvalue weighted by molar-refractivity contribution is 6.01. The highest BCUT2D eigenvalue weighted by Crippen LogP contribution is 2.22. The van der Waals surface area contributed by atoms with Crippen LogP contribution in [0.2, 0.25) is 0 Å². The van der Waals surface area contributed by atoms with Crippen molar-refractivity contribution in [1.29, 1.82) is 0 Å². The molecule has 4 rings (SSSR count). The average molecular weight is 424 g/mol. The van der Waals surface area contributed by atoms with Gasteiger partial charge < -0.3 is 14.7 Å². The van der Waals surface area contributed by atoms with Crippen molar-refractivity contribution in [1.82, 2.24) is 19.8 Å². The van der Waals surface area contributed by atoms with Gasteiger partial charge in [0.25, 0.3) is 0 Å². The lowest BCUT2D eigenvalue weighted by molar-refractivity contribution is -0.139. The fourth-order valence-corrected chi connectivity index (χ4v) is 3.81. The minimum atomic E-state index is -0.871. The van der Waals surface area contributed by atoms with Crippen molar-refractivity contribution in [3.05, 3.63) is 42.2 Å². The second kappa shape index (κ2) is 9.11. The first-order chi connectivity index (χ1) is 15.0. The van der Waals surface area contributed by atoms with Crippen molar-refractivity contribution in [2.24, 2.45) is 5.92 Å². The predicted octanol–water partition coefficient (Wildman–Crippen LogP) is 2.56. The van der Waals surface area contributed by atoms with Gasteiger partial charge in [-0.2, -0.15) is 0 Å². The number of carbonyl (C=O) groups is 3. The number of nitrogens with zero attached hydrogens (tertiary/aromatic N) is 4. The molecule has 0 saturated carbocycles. The molecule has 2 saturated heterocycles. The van der Waals surface area contributed by atoms with E-state index in [1.165, 1.54) is 9.80 Å². The lowest BCUT2D eigenvalue weighted by atomic mass is 9.98. The molecule has 9 nitrogen and oxygen atoms in total. The standard InChI is InChI=1S/C22H24N4O5/c27-19-5-6-20(28)26(19)13-15-1-3-17(4-2-15)18-11-23-21(24-12-18)31-14-16-7-9-25(10-8-16)22(29)30/h1-4,11-12,16H,5-10,13-14H2,(H,29,30). The van der Waals surface area contributed by atoms with Gasteiger partial charge in [0.1, 0.15) is 0 Å². The number of hydrogen-bond acceptors (Lipinski definition) is 6. The number of imide groups is 1. The molecule has 0 atom stereocenters. The largest absolute Gasteiger partial charge is 0.465 e. The first kappa shape index (κ1) is 20.8. The van der Waals surface area contributed by atoms with Gasteiger partial charge in [-0.05, 0) is 29.9 Å². The molecule has 2 aromatic rings. The molecule has 1 aromatic carbocycles. The van der Waals surface area contributed by atoms with Crippen LogP contribution in [0.4, 0.5) is 4.79 Å². The van der Waals surface area contributed by atoms with E-state index in [1.807, 2.05) is 24.3 Å². The van der Waals surface area contributed by atoms with Crippen molar-refractivity contribution >= 4 is 17.9 Å². The van der Waals surface area contributed by atoms with Gasteiger partial charge in [0.2, 0.25) is 11.8 Å². The van der Waals surface area contributed by atoms with Crippen LogP contribution in [0.25, 0.3) is 11.1 Å². The van der Waals surface area contributed by atoms with E-state index in [-0.39, 0.29) is 11.8 Å². The van der Waals surface area contributed by atoms with Gasteiger partial charge in [0, 0.05) is 43.9 Å². The van der Waals surface area contributed by atoms with Gasteiger partial charge in [-0.3, -0.25) is 14.5 Å². The Kier molecular flexibility index (Phi) is 6.11. The molecule has 2 aliphatic heterocycles. The molecule has 2 aliphatic rings. The molecular weight excluding hydrogens is 400 g/mol. The topological polar surface area (TPSA) is 113 Å². The molecule has 31 heavy (non-hydrogen) atoms. The fraction of sp³-hybridized carbons (Fsp3) is 0.409. The zero-order valence-corrected chi connectivity index (χ0v) is 17.1. The van der Waals surface area contributed by atoms with Gasteiger partial charge in [0.05, 0.1) is 13.2 Å². The Labute approximate surface area is 179 Å². The van der Waals surface area contributed by atoms with Crippen LogP contribution in [0.1, 0.15) is 31.2 Å². The summed E-state index contributed by atoms with van der Waals surface area (Å²) in [5.74, 6) is 0.0526. The van der Waals surface area contributed by atoms with Crippen LogP contribution in [0.15, 0.2) is 36.7 Å². The van der Waals surface area contributed by atoms with Crippen molar-refractivity contribution in [3.8, 4) is 17.1 Å². The summed E-state index contributed by atoms with van der Waals surface area (Å²) in [6.07, 6.45) is 4.64. The maximum absolute atomic E-state index is 11.8. The number of carbonyl (C=O) groups excluding carboxylic acids is 2. The molecule has 162 valence electrons. The lowest BCUT2D eigenvalue weighted by Gasteiger charge is -2.29. The van der Waals surface area contributed by atoms with Crippen LogP contribution in [0.3, 0.4) is 0 Å². The molecular formula is C22H24N4O5. The molecule has 1 aromatic heterocycles. The monoisotopic (exact) mass is 424 g/mol. The molecule has 2 fully saturated rings. The first-order valence-corrected chi connectivity index (χ1v) is 10.3. The number of ether oxygens (including phenoxy) is 1. The molecule has 0 unspecified atom stereocenters. The molecule has 3 amide bonds. The molecule has 1 N–H and O–H groups in total. The quantitative estimate of drug-likeness (QED) is 0.709. The van der Waals surface area contributed by atoms with E-state index in [1.54, 1.807) is 12.4 Å². The zero-order chi connectivity index (χ0) is 21.8. The van der Waals surface area contributed by atoms with Crippen LogP contribution in [0, 0.1) is 5.92 Å². The number of likely N-dealkylation sites (tertiary alicyclic amines) is 2. The van der Waals surface area contributed by atoms with Crippen LogP contribution < -0.4 is 4.74 Å². The zero-order valence-electron chi connectivity index (χ0n) is 17.1. The van der Waals surface area contributed by atoms with Gasteiger partial charge >= 0.3 is 12.1 Å². The molecule has 0 bridgehead atoms. The summed E-state index contributed by atoms with van der Waals surface area (Å²) in [4.78, 5) is 45.7. The SMILES string of the molecule is O=C(O)N1CCC(COc2ncc(-c3ccc(CN4C(=O)CCC4=O)cc3)cn2)CC1. The number of benzene rings is 1. The molecule has 0 spiro atoms. The summed E-state index contributed by atoms with van der Waals surface area (Å²) in [5.41, 5.74) is 2.65. The third kappa shape index (κ3) is 4.99. The summed E-state index contributed by atoms with van der Waals surface area (Å²) in [6.45, 7) is 1.82. The Morgan fingerprint density at radius 3 is 2.19 bits per heavy atom. The number of amides is 3. The van der Waals surface area contributed by atoms with Crippen molar-refractivity contribution < 1.29 is 24.2 Å². The van der Waals surface area contributed by atoms with E-state index in [0.717, 1.165) is 29.5 Å². The summed E-state index contributed by atoms with van der Waals surface area (Å²) in [7, 11) is 0. The van der Waals surface area contributed by atoms with Crippen molar-refractivity contribution in [2.75, 3.05) is 19.7 Å². The minimum Gasteiger partial charge on any atom is -0.465 e. The van der Waals surface area contributed by atoms with E-state index in [0.29, 0.717) is 51.0 Å². The minimum absolute atomic E-state index is 0.120. The summed E-state index contributed by atoms with van der Waals surface area (Å²) in [5, 5.41) is 9.00. The van der Waals surface area contributed by atoms with E-state index < -0.39 is 6.09 Å². The molecule has 9 heteroatoms. The number of aromatic nitrogens is 2. The maximum Gasteiger partial charge on any atom is 0.407 e. The Balaban J connectivity index is 1.29. The summed E-state index contributed by atoms with van der Waals surface area (Å²) < 4.78 is 5.69. The van der Waals surface area contributed by atoms with Crippen LogP contribution >= 0.6 is 0 Å². The van der Waals surface area contributed by atoms with Gasteiger partial charge in [-0.15, -0.1) is 0 Å². The third-order valence-electron chi connectivity index (χ3n) is 5.74. The highest BCUT2D eigenvalue weighted by Gasteiger charge is 2.28. The number of carboxylic acid groups (broad SMARTS) is 1. The average Bonchev–Trinajstić information content (AvgIpc) is 3.11. The summed E-state index contributed by atoms with van der Waals surface area (Å²) in [6, 6.07) is 7.91. The van der Waals surface area contributed by atoms with Crippen molar-refractivity contribution in [2.45, 2.75) is 32.2 Å². The van der Waals surface area contributed by atoms with Gasteiger partial charge in [-0.25, -0.2) is 14.8 Å². The first-order valence-electron chi connectivity index (χ1n) is 10.3. The molecule has 0 aliphatic carbocycles. The van der Waals surface area contributed by atoms with Gasteiger partial charge in [0.15, 0.2) is 0 Å². The highest BCUT2D eigenvalue weighted by atomic mass is 16.5. The van der Waals surface area contributed by atoms with Crippen LogP contribution in [-0.2, 0) is 16.1 Å². The number of piperidine rings is 1. The number of hydrogen-bond donors (Lipinski definition) is 1. The Hall–Kier alpha value is -3.49. The second-order valence-electron chi connectivity index (χ2n) is 7.85. The molecule has 3 heterocycles. The fourth-order valence-electron chi connectivity index (χ4n) is 3.81. The predicted molar refractivity (Wildman–Crippen MR) is 110 cm³/mol. The van der Waals surface area contributed by atoms with E-state index >= 15 is 0 Å². The molecule has 0 radical (unpaired) electrons. The Morgan fingerprint density at radius 2 is 1.61 bits per heavy atom.